The van der Waals surface area contributed by atoms with E-state index in [1.54, 1.807) is 0 Å². The summed E-state index contributed by atoms with van der Waals surface area (Å²) < 4.78 is 2.30. The second kappa shape index (κ2) is 4.43. The van der Waals surface area contributed by atoms with Crippen LogP contribution in [0.5, 0.6) is 0 Å². The van der Waals surface area contributed by atoms with Crippen molar-refractivity contribution in [1.29, 1.82) is 0 Å². The third kappa shape index (κ3) is 1.85. The van der Waals surface area contributed by atoms with Crippen molar-refractivity contribution in [3.8, 4) is 11.4 Å². The van der Waals surface area contributed by atoms with Crippen LogP contribution in [0.3, 0.4) is 0 Å². The molecule has 1 aliphatic heterocycles. The van der Waals surface area contributed by atoms with E-state index in [9.17, 15) is 0 Å². The lowest BCUT2D eigenvalue weighted by Gasteiger charge is -2.22. The van der Waals surface area contributed by atoms with Gasteiger partial charge in [0.2, 0.25) is 0 Å². The van der Waals surface area contributed by atoms with Crippen LogP contribution < -0.4 is 0 Å². The number of imidazole rings is 1. The highest BCUT2D eigenvalue weighted by molar-refractivity contribution is 6.30. The predicted octanol–water partition coefficient (Wildman–Crippen LogP) is 4.41. The lowest BCUT2D eigenvalue weighted by atomic mass is 9.98. The van der Waals surface area contributed by atoms with Gasteiger partial charge in [-0.2, -0.15) is 0 Å². The van der Waals surface area contributed by atoms with Gasteiger partial charge in [-0.05, 0) is 31.7 Å². The number of hydrogen-bond donors (Lipinski definition) is 0. The molecule has 2 nitrogen and oxygen atoms in total. The van der Waals surface area contributed by atoms with Crippen LogP contribution in [0.1, 0.15) is 36.9 Å². The summed E-state index contributed by atoms with van der Waals surface area (Å²) >= 11 is 6.32. The Hall–Kier alpha value is -1.28. The van der Waals surface area contributed by atoms with E-state index in [4.69, 9.17) is 11.6 Å². The fourth-order valence-electron chi connectivity index (χ4n) is 2.83. The van der Waals surface area contributed by atoms with Crippen LogP contribution in [0.4, 0.5) is 0 Å². The molecule has 94 valence electrons. The van der Waals surface area contributed by atoms with E-state index in [0.717, 1.165) is 17.9 Å². The van der Waals surface area contributed by atoms with Gasteiger partial charge < -0.3 is 4.57 Å². The first-order valence-corrected chi connectivity index (χ1v) is 6.87. The molecule has 0 saturated carbocycles. The van der Waals surface area contributed by atoms with Gasteiger partial charge in [0.05, 0.1) is 5.69 Å². The third-order valence-corrected chi connectivity index (χ3v) is 4.00. The van der Waals surface area contributed by atoms with Crippen molar-refractivity contribution in [2.45, 2.75) is 39.2 Å². The molecule has 2 aromatic rings. The van der Waals surface area contributed by atoms with Crippen LogP contribution in [0.25, 0.3) is 11.4 Å². The zero-order valence-corrected chi connectivity index (χ0v) is 11.5. The van der Waals surface area contributed by atoms with Crippen LogP contribution >= 0.6 is 11.6 Å². The van der Waals surface area contributed by atoms with E-state index in [2.05, 4.69) is 47.7 Å². The Labute approximate surface area is 113 Å². The van der Waals surface area contributed by atoms with Gasteiger partial charge in [0.15, 0.2) is 5.15 Å². The molecular formula is C15H17ClN2. The molecular weight excluding hydrogens is 244 g/mol. The molecule has 0 aliphatic carbocycles. The minimum Gasteiger partial charge on any atom is -0.326 e. The fraction of sp³-hybridized carbons (Fsp3) is 0.400. The number of nitrogens with zero attached hydrogens (tertiary/aromatic N) is 2. The summed E-state index contributed by atoms with van der Waals surface area (Å²) in [5.74, 6) is 1.53. The molecule has 3 heteroatoms. The van der Waals surface area contributed by atoms with E-state index in [0.29, 0.717) is 11.1 Å². The van der Waals surface area contributed by atoms with E-state index in [1.165, 1.54) is 24.1 Å². The van der Waals surface area contributed by atoms with Crippen molar-refractivity contribution in [1.82, 2.24) is 9.55 Å². The Balaban J connectivity index is 2.16. The van der Waals surface area contributed by atoms with Crippen molar-refractivity contribution >= 4 is 11.6 Å². The Morgan fingerprint density at radius 3 is 3.00 bits per heavy atom. The molecule has 0 radical (unpaired) electrons. The summed E-state index contributed by atoms with van der Waals surface area (Å²) in [7, 11) is 0. The Morgan fingerprint density at radius 1 is 1.39 bits per heavy atom. The maximum atomic E-state index is 6.32. The highest BCUT2D eigenvalue weighted by atomic mass is 35.5. The van der Waals surface area contributed by atoms with Gasteiger partial charge in [0.1, 0.15) is 5.82 Å². The summed E-state index contributed by atoms with van der Waals surface area (Å²) in [6, 6.07) is 8.46. The Bertz CT molecular complexity index is 586. The van der Waals surface area contributed by atoms with E-state index in [1.807, 2.05) is 0 Å². The highest BCUT2D eigenvalue weighted by Crippen LogP contribution is 2.36. The molecule has 18 heavy (non-hydrogen) atoms. The van der Waals surface area contributed by atoms with Gasteiger partial charge >= 0.3 is 0 Å². The smallest absolute Gasteiger partial charge is 0.151 e. The molecule has 0 saturated heterocycles. The average Bonchev–Trinajstić information content (AvgIpc) is 2.68. The first kappa shape index (κ1) is 11.8. The normalized spacial score (nSPS) is 18.7. The molecule has 0 spiro atoms. The number of halogens is 1. The number of benzene rings is 1. The van der Waals surface area contributed by atoms with Crippen molar-refractivity contribution in [3.05, 3.63) is 40.7 Å². The Kier molecular flexibility index (Phi) is 2.90. The quantitative estimate of drug-likeness (QED) is 0.743. The standard InChI is InChI=1S/C15H17ClN2/c1-10-5-3-7-12(9-10)15-17-14(16)13-11(2)6-4-8-18(13)15/h3,5,7,9,11H,4,6,8H2,1-2H3. The first-order chi connectivity index (χ1) is 8.66. The van der Waals surface area contributed by atoms with Gasteiger partial charge in [0, 0.05) is 12.1 Å². The van der Waals surface area contributed by atoms with E-state index >= 15 is 0 Å². The van der Waals surface area contributed by atoms with Crippen molar-refractivity contribution in [2.75, 3.05) is 0 Å². The molecule has 1 unspecified atom stereocenters. The van der Waals surface area contributed by atoms with E-state index < -0.39 is 0 Å². The van der Waals surface area contributed by atoms with Gasteiger partial charge in [-0.15, -0.1) is 0 Å². The second-order valence-electron chi connectivity index (χ2n) is 5.18. The van der Waals surface area contributed by atoms with Crippen molar-refractivity contribution in [3.63, 3.8) is 0 Å². The van der Waals surface area contributed by atoms with Crippen LogP contribution in [-0.2, 0) is 6.54 Å². The van der Waals surface area contributed by atoms with Crippen LogP contribution in [0, 0.1) is 6.92 Å². The van der Waals surface area contributed by atoms with Crippen molar-refractivity contribution < 1.29 is 0 Å². The van der Waals surface area contributed by atoms with Gasteiger partial charge in [-0.25, -0.2) is 4.98 Å². The summed E-state index contributed by atoms with van der Waals surface area (Å²) in [4.78, 5) is 4.58. The largest absolute Gasteiger partial charge is 0.326 e. The number of aryl methyl sites for hydroxylation is 1. The SMILES string of the molecule is Cc1cccc(-c2nc(Cl)c3n2CCCC3C)c1. The molecule has 0 N–H and O–H groups in total. The molecule has 2 heterocycles. The lowest BCUT2D eigenvalue weighted by molar-refractivity contribution is 0.478. The van der Waals surface area contributed by atoms with E-state index in [-0.39, 0.29) is 0 Å². The molecule has 0 bridgehead atoms. The summed E-state index contributed by atoms with van der Waals surface area (Å²) in [5, 5.41) is 0.679. The molecule has 1 atom stereocenters. The molecule has 1 aromatic carbocycles. The van der Waals surface area contributed by atoms with Crippen molar-refractivity contribution in [2.24, 2.45) is 0 Å². The Morgan fingerprint density at radius 2 is 2.22 bits per heavy atom. The topological polar surface area (TPSA) is 17.8 Å². The minimum atomic E-state index is 0.511. The number of hydrogen-bond acceptors (Lipinski definition) is 1. The first-order valence-electron chi connectivity index (χ1n) is 6.50. The molecule has 1 aliphatic rings. The molecule has 0 fully saturated rings. The zero-order chi connectivity index (χ0) is 12.7. The second-order valence-corrected chi connectivity index (χ2v) is 5.53. The number of rotatable bonds is 1. The van der Waals surface area contributed by atoms with Gasteiger partial charge in [0.25, 0.3) is 0 Å². The minimum absolute atomic E-state index is 0.511. The summed E-state index contributed by atoms with van der Waals surface area (Å²) in [6.45, 7) is 5.37. The van der Waals surface area contributed by atoms with Gasteiger partial charge in [-0.3, -0.25) is 0 Å². The zero-order valence-electron chi connectivity index (χ0n) is 10.8. The third-order valence-electron chi connectivity index (χ3n) is 3.72. The monoisotopic (exact) mass is 260 g/mol. The predicted molar refractivity (Wildman–Crippen MR) is 75.1 cm³/mol. The molecule has 3 rings (SSSR count). The fourth-order valence-corrected chi connectivity index (χ4v) is 3.20. The maximum Gasteiger partial charge on any atom is 0.151 e. The van der Waals surface area contributed by atoms with Gasteiger partial charge in [-0.1, -0.05) is 42.3 Å². The lowest BCUT2D eigenvalue weighted by Crippen LogP contribution is -2.14. The highest BCUT2D eigenvalue weighted by Gasteiger charge is 2.24. The number of aromatic nitrogens is 2. The van der Waals surface area contributed by atoms with Crippen LogP contribution in [-0.4, -0.2) is 9.55 Å². The summed E-state index contributed by atoms with van der Waals surface area (Å²) in [5.41, 5.74) is 3.63. The molecule has 0 amide bonds. The molecule has 1 aromatic heterocycles. The maximum absolute atomic E-state index is 6.32. The van der Waals surface area contributed by atoms with Crippen LogP contribution in [0.15, 0.2) is 24.3 Å². The number of fused-ring (bicyclic) bond motifs is 1. The average molecular weight is 261 g/mol. The summed E-state index contributed by atoms with van der Waals surface area (Å²) in [6.07, 6.45) is 2.42. The van der Waals surface area contributed by atoms with Crippen LogP contribution in [0.2, 0.25) is 5.15 Å².